The third-order valence-electron chi connectivity index (χ3n) is 4.56. The minimum atomic E-state index is 0.104. The van der Waals surface area contributed by atoms with Gasteiger partial charge in [-0.05, 0) is 35.6 Å². The molecule has 2 aliphatic carbocycles. The second kappa shape index (κ2) is 5.36. The summed E-state index contributed by atoms with van der Waals surface area (Å²) in [7, 11) is 0. The van der Waals surface area contributed by atoms with E-state index in [-0.39, 0.29) is 5.78 Å². The molecule has 2 atom stereocenters. The number of hydrogen-bond acceptors (Lipinski definition) is 1. The van der Waals surface area contributed by atoms with E-state index in [9.17, 15) is 4.79 Å². The monoisotopic (exact) mass is 350 g/mol. The average Bonchev–Trinajstić information content (AvgIpc) is 2.91. The molecule has 4 rings (SSSR count). The van der Waals surface area contributed by atoms with Crippen molar-refractivity contribution >= 4 is 21.7 Å². The first-order valence-corrected chi connectivity index (χ1v) is 8.30. The van der Waals surface area contributed by atoms with Gasteiger partial charge in [0, 0.05) is 21.5 Å². The van der Waals surface area contributed by atoms with E-state index >= 15 is 0 Å². The molecule has 0 fully saturated rings. The summed E-state index contributed by atoms with van der Waals surface area (Å²) >= 11 is 3.43. The highest BCUT2D eigenvalue weighted by molar-refractivity contribution is 9.10. The van der Waals surface area contributed by atoms with Crippen molar-refractivity contribution in [3.8, 4) is 0 Å². The van der Waals surface area contributed by atoms with Crippen LogP contribution >= 0.6 is 15.9 Å². The number of fused-ring (bicyclic) bond motifs is 3. The van der Waals surface area contributed by atoms with E-state index in [1.807, 2.05) is 30.3 Å². The Bertz CT molecular complexity index is 816. The van der Waals surface area contributed by atoms with Crippen LogP contribution in [-0.2, 0) is 6.42 Å². The van der Waals surface area contributed by atoms with Crippen LogP contribution in [0.15, 0.2) is 76.8 Å². The number of hydrogen-bond donors (Lipinski definition) is 0. The Hall–Kier alpha value is -1.93. The zero-order chi connectivity index (χ0) is 15.1. The average molecular weight is 351 g/mol. The van der Waals surface area contributed by atoms with E-state index in [4.69, 9.17) is 0 Å². The molecule has 0 bridgehead atoms. The largest absolute Gasteiger partial charge is 0.289 e. The molecule has 2 aliphatic rings. The second-order valence-corrected chi connectivity index (χ2v) is 6.83. The summed E-state index contributed by atoms with van der Waals surface area (Å²) in [6.07, 6.45) is 7.38. The first-order valence-electron chi connectivity index (χ1n) is 7.50. The normalized spacial score (nSPS) is 22.0. The second-order valence-electron chi connectivity index (χ2n) is 5.91. The molecule has 0 radical (unpaired) electrons. The molecule has 2 heteroatoms. The molecule has 108 valence electrons. The number of halogens is 1. The molecule has 2 unspecified atom stereocenters. The van der Waals surface area contributed by atoms with E-state index in [1.165, 1.54) is 11.1 Å². The van der Waals surface area contributed by atoms with Gasteiger partial charge in [-0.3, -0.25) is 4.79 Å². The Morgan fingerprint density at radius 2 is 1.95 bits per heavy atom. The summed E-state index contributed by atoms with van der Waals surface area (Å²) in [5, 5.41) is 0. The van der Waals surface area contributed by atoms with Gasteiger partial charge in [-0.15, -0.1) is 0 Å². The van der Waals surface area contributed by atoms with E-state index in [0.29, 0.717) is 11.8 Å². The minimum absolute atomic E-state index is 0.104. The van der Waals surface area contributed by atoms with Crippen molar-refractivity contribution in [2.45, 2.75) is 12.3 Å². The SMILES string of the molecule is O=C(C1=CC2Cc3ccccc3C2C=C1)c1cccc(Br)c1. The number of carbonyl (C=O) groups is 1. The molecule has 0 spiro atoms. The maximum absolute atomic E-state index is 12.7. The van der Waals surface area contributed by atoms with Gasteiger partial charge in [-0.25, -0.2) is 0 Å². The van der Waals surface area contributed by atoms with Crippen LogP contribution in [0.3, 0.4) is 0 Å². The molecule has 22 heavy (non-hydrogen) atoms. The van der Waals surface area contributed by atoms with Crippen LogP contribution in [0.2, 0.25) is 0 Å². The predicted molar refractivity (Wildman–Crippen MR) is 92.1 cm³/mol. The van der Waals surface area contributed by atoms with E-state index in [2.05, 4.69) is 52.3 Å². The maximum atomic E-state index is 12.7. The van der Waals surface area contributed by atoms with Gasteiger partial charge in [0.15, 0.2) is 5.78 Å². The summed E-state index contributed by atoms with van der Waals surface area (Å²) in [6.45, 7) is 0. The van der Waals surface area contributed by atoms with Gasteiger partial charge in [0.1, 0.15) is 0 Å². The number of rotatable bonds is 2. The summed E-state index contributed by atoms with van der Waals surface area (Å²) in [4.78, 5) is 12.7. The Morgan fingerprint density at radius 3 is 2.82 bits per heavy atom. The maximum Gasteiger partial charge on any atom is 0.192 e. The smallest absolute Gasteiger partial charge is 0.192 e. The van der Waals surface area contributed by atoms with Gasteiger partial charge >= 0.3 is 0 Å². The fourth-order valence-electron chi connectivity index (χ4n) is 3.51. The molecule has 0 saturated heterocycles. The van der Waals surface area contributed by atoms with Crippen molar-refractivity contribution < 1.29 is 4.79 Å². The summed E-state index contributed by atoms with van der Waals surface area (Å²) < 4.78 is 0.935. The topological polar surface area (TPSA) is 17.1 Å². The lowest BCUT2D eigenvalue weighted by molar-refractivity contribution is 0.103. The van der Waals surface area contributed by atoms with Crippen molar-refractivity contribution in [1.82, 2.24) is 0 Å². The Balaban J connectivity index is 1.65. The van der Waals surface area contributed by atoms with Crippen LogP contribution in [0, 0.1) is 5.92 Å². The Kier molecular flexibility index (Phi) is 3.34. The lowest BCUT2D eigenvalue weighted by Gasteiger charge is -2.19. The van der Waals surface area contributed by atoms with Crippen LogP contribution in [0.1, 0.15) is 27.4 Å². The van der Waals surface area contributed by atoms with E-state index in [0.717, 1.165) is 22.0 Å². The van der Waals surface area contributed by atoms with Crippen molar-refractivity contribution in [2.75, 3.05) is 0 Å². The first-order chi connectivity index (χ1) is 10.7. The molecule has 0 aromatic heterocycles. The summed E-state index contributed by atoms with van der Waals surface area (Å²) in [5.41, 5.74) is 4.37. The fourth-order valence-corrected chi connectivity index (χ4v) is 3.91. The Labute approximate surface area is 138 Å². The number of benzene rings is 2. The van der Waals surface area contributed by atoms with Gasteiger partial charge in [-0.1, -0.05) is 70.6 Å². The number of ketones is 1. The Morgan fingerprint density at radius 1 is 1.09 bits per heavy atom. The molecule has 2 aromatic rings. The van der Waals surface area contributed by atoms with Crippen molar-refractivity contribution in [2.24, 2.45) is 5.92 Å². The van der Waals surface area contributed by atoms with Gasteiger partial charge in [0.05, 0.1) is 0 Å². The summed E-state index contributed by atoms with van der Waals surface area (Å²) in [5.74, 6) is 0.940. The molecular weight excluding hydrogens is 336 g/mol. The van der Waals surface area contributed by atoms with Crippen molar-refractivity contribution in [1.29, 1.82) is 0 Å². The third-order valence-corrected chi connectivity index (χ3v) is 5.05. The van der Waals surface area contributed by atoms with Crippen molar-refractivity contribution in [3.63, 3.8) is 0 Å². The molecule has 0 N–H and O–H groups in total. The van der Waals surface area contributed by atoms with Gasteiger partial charge < -0.3 is 0 Å². The van der Waals surface area contributed by atoms with E-state index < -0.39 is 0 Å². The van der Waals surface area contributed by atoms with E-state index in [1.54, 1.807) is 0 Å². The lowest BCUT2D eigenvalue weighted by Crippen LogP contribution is -2.12. The molecule has 1 nitrogen and oxygen atoms in total. The molecule has 0 heterocycles. The standard InChI is InChI=1S/C20H15BrO/c21-17-6-3-5-14(12-17)20(22)15-8-9-19-16(11-15)10-13-4-1-2-7-18(13)19/h1-9,11-12,16,19H,10H2. The molecular formula is C20H15BrO. The third kappa shape index (κ3) is 2.28. The van der Waals surface area contributed by atoms with Crippen LogP contribution in [0.5, 0.6) is 0 Å². The minimum Gasteiger partial charge on any atom is -0.289 e. The first kappa shape index (κ1) is 13.7. The number of carbonyl (C=O) groups excluding carboxylic acids is 1. The highest BCUT2D eigenvalue weighted by Crippen LogP contribution is 2.42. The summed E-state index contributed by atoms with van der Waals surface area (Å²) in [6, 6.07) is 16.2. The zero-order valence-corrected chi connectivity index (χ0v) is 13.6. The predicted octanol–water partition coefficient (Wildman–Crippen LogP) is 5.08. The lowest BCUT2D eigenvalue weighted by atomic mass is 9.84. The quantitative estimate of drug-likeness (QED) is 0.690. The highest BCUT2D eigenvalue weighted by Gasteiger charge is 2.32. The fraction of sp³-hybridized carbons (Fsp3) is 0.150. The van der Waals surface area contributed by atoms with Gasteiger partial charge in [-0.2, -0.15) is 0 Å². The number of Topliss-reactive ketones (excluding diaryl/α,β-unsaturated/α-hetero) is 1. The van der Waals surface area contributed by atoms with Crippen LogP contribution in [-0.4, -0.2) is 5.78 Å². The molecule has 0 aliphatic heterocycles. The van der Waals surface area contributed by atoms with Crippen LogP contribution in [0.4, 0.5) is 0 Å². The van der Waals surface area contributed by atoms with Crippen LogP contribution in [0.25, 0.3) is 0 Å². The highest BCUT2D eigenvalue weighted by atomic mass is 79.9. The molecule has 0 amide bonds. The van der Waals surface area contributed by atoms with Crippen molar-refractivity contribution in [3.05, 3.63) is 93.5 Å². The zero-order valence-electron chi connectivity index (χ0n) is 12.0. The van der Waals surface area contributed by atoms with Gasteiger partial charge in [0.25, 0.3) is 0 Å². The molecule has 2 aromatic carbocycles. The molecule has 0 saturated carbocycles. The van der Waals surface area contributed by atoms with Crippen LogP contribution < -0.4 is 0 Å². The van der Waals surface area contributed by atoms with Gasteiger partial charge in [0.2, 0.25) is 0 Å². The number of allylic oxidation sites excluding steroid dienone is 4.